The van der Waals surface area contributed by atoms with Crippen LogP contribution >= 0.6 is 0 Å². The van der Waals surface area contributed by atoms with Crippen LogP contribution in [0, 0.1) is 6.92 Å². The van der Waals surface area contributed by atoms with Gasteiger partial charge in [0.2, 0.25) is 5.91 Å². The maximum atomic E-state index is 13.9. The molecule has 0 aliphatic carbocycles. The van der Waals surface area contributed by atoms with Gasteiger partial charge in [-0.25, -0.2) is 4.79 Å². The van der Waals surface area contributed by atoms with E-state index >= 15 is 0 Å². The molecule has 3 N–H and O–H groups in total. The van der Waals surface area contributed by atoms with E-state index in [1.165, 1.54) is 0 Å². The molecular formula is C32H36N4O5. The van der Waals surface area contributed by atoms with Gasteiger partial charge in [-0.15, -0.1) is 0 Å². The number of nitrogens with one attached hydrogen (secondary N) is 3. The standard InChI is InChI=1S/C32H36N4O5/c1-21-10-5-7-13-25(21)29(38)34-24-18-16-23(17-19-24)30(39)36-26-14-8-6-11-22(26)12-9-15-27(36)35-28(37)20-33-31(40)41-32(2,3)4/h5-8,10-11,13-14,16-19,27H,9,12,15,20H2,1-4H3,(H,33,40)(H,34,38)(H,35,37). The van der Waals surface area contributed by atoms with E-state index in [1.807, 2.05) is 49.4 Å². The van der Waals surface area contributed by atoms with Crippen LogP contribution in [0.15, 0.2) is 72.8 Å². The van der Waals surface area contributed by atoms with Crippen LogP contribution < -0.4 is 20.9 Å². The van der Waals surface area contributed by atoms with Crippen molar-refractivity contribution in [1.82, 2.24) is 10.6 Å². The minimum absolute atomic E-state index is 0.230. The van der Waals surface area contributed by atoms with Crippen LogP contribution in [-0.2, 0) is 16.0 Å². The SMILES string of the molecule is Cc1ccccc1C(=O)Nc1ccc(C(=O)N2c3ccccc3CCCC2NC(=O)CNC(=O)OC(C)(C)C)cc1. The van der Waals surface area contributed by atoms with E-state index in [2.05, 4.69) is 16.0 Å². The molecule has 1 atom stereocenters. The Labute approximate surface area is 240 Å². The number of nitrogens with zero attached hydrogens (tertiary/aromatic N) is 1. The van der Waals surface area contributed by atoms with Crippen molar-refractivity contribution in [2.75, 3.05) is 16.8 Å². The first-order valence-corrected chi connectivity index (χ1v) is 13.7. The molecule has 0 fully saturated rings. The fourth-order valence-electron chi connectivity index (χ4n) is 4.69. The number of para-hydroxylation sites is 1. The third kappa shape index (κ3) is 7.72. The largest absolute Gasteiger partial charge is 0.444 e. The quantitative estimate of drug-likeness (QED) is 0.386. The van der Waals surface area contributed by atoms with Gasteiger partial charge in [-0.1, -0.05) is 36.4 Å². The van der Waals surface area contributed by atoms with Crippen LogP contribution in [0.1, 0.15) is 65.5 Å². The normalized spacial score (nSPS) is 14.7. The van der Waals surface area contributed by atoms with Crippen LogP contribution in [-0.4, -0.2) is 42.1 Å². The van der Waals surface area contributed by atoms with Gasteiger partial charge in [-0.05, 0) is 94.5 Å². The fraction of sp³-hybridized carbons (Fsp3) is 0.312. The number of anilines is 2. The van der Waals surface area contributed by atoms with Crippen molar-refractivity contribution in [2.45, 2.75) is 58.7 Å². The smallest absolute Gasteiger partial charge is 0.408 e. The molecule has 3 aromatic carbocycles. The van der Waals surface area contributed by atoms with E-state index in [4.69, 9.17) is 4.74 Å². The molecule has 1 aliphatic rings. The second-order valence-electron chi connectivity index (χ2n) is 11.0. The molecule has 0 spiro atoms. The van der Waals surface area contributed by atoms with Crippen molar-refractivity contribution < 1.29 is 23.9 Å². The molecule has 4 amide bonds. The first-order valence-electron chi connectivity index (χ1n) is 13.7. The van der Waals surface area contributed by atoms with E-state index in [-0.39, 0.29) is 18.4 Å². The Hall–Kier alpha value is -4.66. The molecule has 0 saturated heterocycles. The summed E-state index contributed by atoms with van der Waals surface area (Å²) in [6.07, 6.45) is 0.728. The van der Waals surface area contributed by atoms with Gasteiger partial charge in [-0.2, -0.15) is 0 Å². The van der Waals surface area contributed by atoms with Crippen molar-refractivity contribution in [3.63, 3.8) is 0 Å². The molecule has 4 rings (SSSR count). The first kappa shape index (κ1) is 29.3. The number of benzene rings is 3. The number of ether oxygens (including phenoxy) is 1. The Morgan fingerprint density at radius 2 is 1.61 bits per heavy atom. The van der Waals surface area contributed by atoms with E-state index in [1.54, 1.807) is 56.0 Å². The first-order chi connectivity index (χ1) is 19.5. The number of rotatable bonds is 6. The average molecular weight is 557 g/mol. The predicted octanol–water partition coefficient (Wildman–Crippen LogP) is 5.20. The zero-order chi connectivity index (χ0) is 29.6. The van der Waals surface area contributed by atoms with Crippen molar-refractivity contribution >= 4 is 35.2 Å². The van der Waals surface area contributed by atoms with E-state index < -0.39 is 23.8 Å². The maximum Gasteiger partial charge on any atom is 0.408 e. The minimum atomic E-state index is -0.693. The molecular weight excluding hydrogens is 520 g/mol. The number of hydrogen-bond donors (Lipinski definition) is 3. The van der Waals surface area contributed by atoms with Crippen molar-refractivity contribution in [2.24, 2.45) is 0 Å². The van der Waals surface area contributed by atoms with Gasteiger partial charge in [0.25, 0.3) is 11.8 Å². The maximum absolute atomic E-state index is 13.9. The Bertz CT molecular complexity index is 1430. The van der Waals surface area contributed by atoms with Crippen molar-refractivity contribution in [3.05, 3.63) is 95.1 Å². The zero-order valence-corrected chi connectivity index (χ0v) is 23.8. The second kappa shape index (κ2) is 12.7. The lowest BCUT2D eigenvalue weighted by molar-refractivity contribution is -0.121. The molecule has 0 radical (unpaired) electrons. The van der Waals surface area contributed by atoms with Gasteiger partial charge in [0.05, 0.1) is 0 Å². The summed E-state index contributed by atoms with van der Waals surface area (Å²) in [5, 5.41) is 8.26. The molecule has 9 nitrogen and oxygen atoms in total. The molecule has 1 heterocycles. The highest BCUT2D eigenvalue weighted by atomic mass is 16.6. The molecule has 214 valence electrons. The summed E-state index contributed by atoms with van der Waals surface area (Å²) in [5.41, 5.74) is 3.45. The van der Waals surface area contributed by atoms with Crippen LogP contribution in [0.5, 0.6) is 0 Å². The molecule has 1 unspecified atom stereocenters. The van der Waals surface area contributed by atoms with Gasteiger partial charge in [0, 0.05) is 22.5 Å². The third-order valence-electron chi connectivity index (χ3n) is 6.60. The summed E-state index contributed by atoms with van der Waals surface area (Å²) in [5.74, 6) is -0.958. The predicted molar refractivity (Wildman–Crippen MR) is 158 cm³/mol. The van der Waals surface area contributed by atoms with Gasteiger partial charge < -0.3 is 20.7 Å². The summed E-state index contributed by atoms with van der Waals surface area (Å²) >= 11 is 0. The highest BCUT2D eigenvalue weighted by Crippen LogP contribution is 2.30. The Morgan fingerprint density at radius 1 is 0.927 bits per heavy atom. The van der Waals surface area contributed by atoms with E-state index in [9.17, 15) is 19.2 Å². The highest BCUT2D eigenvalue weighted by Gasteiger charge is 2.31. The Morgan fingerprint density at radius 3 is 2.32 bits per heavy atom. The Kier molecular flexibility index (Phi) is 9.07. The summed E-state index contributed by atoms with van der Waals surface area (Å²) in [6, 6.07) is 21.6. The summed E-state index contributed by atoms with van der Waals surface area (Å²) in [4.78, 5) is 53.1. The van der Waals surface area contributed by atoms with Gasteiger partial charge in [0.15, 0.2) is 0 Å². The lowest BCUT2D eigenvalue weighted by Gasteiger charge is -2.32. The number of carbonyl (C=O) groups is 4. The van der Waals surface area contributed by atoms with E-state index in [0.29, 0.717) is 23.2 Å². The number of carbonyl (C=O) groups excluding carboxylic acids is 4. The van der Waals surface area contributed by atoms with Crippen molar-refractivity contribution in [3.8, 4) is 0 Å². The minimum Gasteiger partial charge on any atom is -0.444 e. The lowest BCUT2D eigenvalue weighted by Crippen LogP contribution is -2.53. The Balaban J connectivity index is 1.51. The second-order valence-corrected chi connectivity index (χ2v) is 11.0. The van der Waals surface area contributed by atoms with Gasteiger partial charge >= 0.3 is 6.09 Å². The molecule has 3 aromatic rings. The topological polar surface area (TPSA) is 117 Å². The highest BCUT2D eigenvalue weighted by molar-refractivity contribution is 6.08. The number of aryl methyl sites for hydroxylation is 2. The number of hydrogen-bond acceptors (Lipinski definition) is 5. The number of amides is 4. The van der Waals surface area contributed by atoms with Crippen molar-refractivity contribution in [1.29, 1.82) is 0 Å². The molecule has 0 saturated carbocycles. The zero-order valence-electron chi connectivity index (χ0n) is 23.8. The van der Waals surface area contributed by atoms with Gasteiger partial charge in [0.1, 0.15) is 18.3 Å². The molecule has 41 heavy (non-hydrogen) atoms. The lowest BCUT2D eigenvalue weighted by atomic mass is 10.1. The molecule has 9 heteroatoms. The van der Waals surface area contributed by atoms with Crippen LogP contribution in [0.3, 0.4) is 0 Å². The van der Waals surface area contributed by atoms with E-state index in [0.717, 1.165) is 29.7 Å². The number of fused-ring (bicyclic) bond motifs is 1. The summed E-state index contributed by atoms with van der Waals surface area (Å²) in [7, 11) is 0. The molecule has 0 aromatic heterocycles. The number of alkyl carbamates (subject to hydrolysis) is 1. The van der Waals surface area contributed by atoms with Crippen LogP contribution in [0.4, 0.5) is 16.2 Å². The van der Waals surface area contributed by atoms with Crippen LogP contribution in [0.25, 0.3) is 0 Å². The average Bonchev–Trinajstić information content (AvgIpc) is 3.10. The molecule has 0 bridgehead atoms. The molecule has 1 aliphatic heterocycles. The summed E-state index contributed by atoms with van der Waals surface area (Å²) < 4.78 is 5.21. The van der Waals surface area contributed by atoms with Gasteiger partial charge in [-0.3, -0.25) is 19.3 Å². The summed E-state index contributed by atoms with van der Waals surface area (Å²) in [6.45, 7) is 6.81. The fourth-order valence-corrected chi connectivity index (χ4v) is 4.69. The van der Waals surface area contributed by atoms with Crippen LogP contribution in [0.2, 0.25) is 0 Å². The third-order valence-corrected chi connectivity index (χ3v) is 6.60. The monoisotopic (exact) mass is 556 g/mol.